The smallest absolute Gasteiger partial charge is 0.190 e. The zero-order valence-corrected chi connectivity index (χ0v) is 15.8. The van der Waals surface area contributed by atoms with Crippen LogP contribution in [-0.2, 0) is 11.2 Å². The lowest BCUT2D eigenvalue weighted by Gasteiger charge is -2.16. The minimum absolute atomic E-state index is 0.208. The van der Waals surface area contributed by atoms with Crippen molar-refractivity contribution in [1.82, 2.24) is 4.57 Å². The van der Waals surface area contributed by atoms with E-state index in [9.17, 15) is 0 Å². The number of ether oxygens (including phenoxy) is 1. The molecule has 2 aromatic carbocycles. The molecule has 0 unspecified atom stereocenters. The fourth-order valence-electron chi connectivity index (χ4n) is 2.88. The Balaban J connectivity index is 2.10. The summed E-state index contributed by atoms with van der Waals surface area (Å²) >= 11 is 1.67. The van der Waals surface area contributed by atoms with Crippen molar-refractivity contribution in [2.45, 2.75) is 26.3 Å². The molecule has 0 bridgehead atoms. The summed E-state index contributed by atoms with van der Waals surface area (Å²) in [4.78, 5) is 5.84. The third-order valence-electron chi connectivity index (χ3n) is 4.23. The first kappa shape index (κ1) is 17.6. The van der Waals surface area contributed by atoms with Crippen molar-refractivity contribution in [3.8, 4) is 11.3 Å². The van der Waals surface area contributed by atoms with Gasteiger partial charge in [-0.05, 0) is 36.6 Å². The summed E-state index contributed by atoms with van der Waals surface area (Å²) in [6.07, 6.45) is 1.05. The number of aryl methyl sites for hydroxylation is 1. The second-order valence-corrected chi connectivity index (χ2v) is 6.91. The van der Waals surface area contributed by atoms with E-state index in [1.165, 1.54) is 16.8 Å². The number of aromatic nitrogens is 1. The van der Waals surface area contributed by atoms with Crippen molar-refractivity contribution in [3.05, 3.63) is 70.3 Å². The van der Waals surface area contributed by atoms with Crippen LogP contribution in [0.15, 0.2) is 65.0 Å². The number of hydrogen-bond donors (Lipinski definition) is 0. The molecule has 0 amide bonds. The van der Waals surface area contributed by atoms with E-state index < -0.39 is 0 Å². The van der Waals surface area contributed by atoms with Gasteiger partial charge in [-0.15, -0.1) is 11.3 Å². The molecule has 25 heavy (non-hydrogen) atoms. The van der Waals surface area contributed by atoms with Gasteiger partial charge < -0.3 is 9.30 Å². The molecule has 0 aliphatic carbocycles. The molecule has 0 fully saturated rings. The largest absolute Gasteiger partial charge is 0.383 e. The van der Waals surface area contributed by atoms with Gasteiger partial charge in [0.25, 0.3) is 0 Å². The quantitative estimate of drug-likeness (QED) is 0.597. The molecular weight excluding hydrogens is 328 g/mol. The molecule has 1 heterocycles. The Morgan fingerprint density at radius 2 is 1.80 bits per heavy atom. The van der Waals surface area contributed by atoms with Gasteiger partial charge in [-0.25, -0.2) is 4.99 Å². The van der Waals surface area contributed by atoms with Crippen LogP contribution in [-0.4, -0.2) is 18.3 Å². The fraction of sp³-hybridized carbons (Fsp3) is 0.286. The van der Waals surface area contributed by atoms with Gasteiger partial charge in [-0.3, -0.25) is 0 Å². The number of methoxy groups -OCH3 is 1. The van der Waals surface area contributed by atoms with Crippen LogP contribution in [0.3, 0.4) is 0 Å². The van der Waals surface area contributed by atoms with E-state index in [4.69, 9.17) is 9.73 Å². The Labute approximate surface area is 153 Å². The number of rotatable bonds is 6. The Morgan fingerprint density at radius 3 is 2.44 bits per heavy atom. The van der Waals surface area contributed by atoms with Crippen molar-refractivity contribution >= 4 is 17.0 Å². The monoisotopic (exact) mass is 352 g/mol. The first-order chi connectivity index (χ1) is 12.2. The van der Waals surface area contributed by atoms with Gasteiger partial charge in [0.2, 0.25) is 0 Å². The SMILES string of the molecule is CCc1ccc(-c2csc(=Nc3ccccc3)n2[C@H](C)COC)cc1. The van der Waals surface area contributed by atoms with Crippen LogP contribution in [0, 0.1) is 0 Å². The van der Waals surface area contributed by atoms with Crippen LogP contribution in [0.5, 0.6) is 0 Å². The maximum Gasteiger partial charge on any atom is 0.190 e. The first-order valence-corrected chi connectivity index (χ1v) is 9.49. The molecular formula is C21H24N2OS. The molecule has 0 aliphatic heterocycles. The Morgan fingerprint density at radius 1 is 1.08 bits per heavy atom. The van der Waals surface area contributed by atoms with Gasteiger partial charge in [0.15, 0.2) is 4.80 Å². The predicted octanol–water partition coefficient (Wildman–Crippen LogP) is 5.22. The van der Waals surface area contributed by atoms with E-state index >= 15 is 0 Å². The predicted molar refractivity (Wildman–Crippen MR) is 105 cm³/mol. The van der Waals surface area contributed by atoms with Gasteiger partial charge in [0.1, 0.15) is 0 Å². The lowest BCUT2D eigenvalue weighted by Crippen LogP contribution is -2.22. The summed E-state index contributed by atoms with van der Waals surface area (Å²) in [7, 11) is 1.74. The van der Waals surface area contributed by atoms with Crippen molar-refractivity contribution in [1.29, 1.82) is 0 Å². The number of nitrogens with zero attached hydrogens (tertiary/aromatic N) is 2. The van der Waals surface area contributed by atoms with E-state index in [1.54, 1.807) is 18.4 Å². The molecule has 3 rings (SSSR count). The number of para-hydroxylation sites is 1. The highest BCUT2D eigenvalue weighted by Crippen LogP contribution is 2.24. The fourth-order valence-corrected chi connectivity index (χ4v) is 3.90. The molecule has 4 heteroatoms. The maximum atomic E-state index is 5.40. The zero-order chi connectivity index (χ0) is 17.6. The molecule has 0 aliphatic rings. The average Bonchev–Trinajstić information content (AvgIpc) is 3.06. The summed E-state index contributed by atoms with van der Waals surface area (Å²) in [5.74, 6) is 0. The van der Waals surface area contributed by atoms with Gasteiger partial charge in [-0.1, -0.05) is 49.4 Å². The Bertz CT molecular complexity index is 863. The topological polar surface area (TPSA) is 26.5 Å². The number of thiazole rings is 1. The van der Waals surface area contributed by atoms with E-state index in [-0.39, 0.29) is 6.04 Å². The average molecular weight is 353 g/mol. The summed E-state index contributed by atoms with van der Waals surface area (Å²) in [6.45, 7) is 5.00. The Kier molecular flexibility index (Phi) is 5.84. The van der Waals surface area contributed by atoms with Crippen LogP contribution >= 0.6 is 11.3 Å². The summed E-state index contributed by atoms with van der Waals surface area (Å²) in [5, 5.41) is 2.19. The van der Waals surface area contributed by atoms with Crippen LogP contribution in [0.25, 0.3) is 11.3 Å². The lowest BCUT2D eigenvalue weighted by molar-refractivity contribution is 0.162. The molecule has 3 nitrogen and oxygen atoms in total. The molecule has 0 N–H and O–H groups in total. The van der Waals surface area contributed by atoms with Crippen LogP contribution in [0.2, 0.25) is 0 Å². The molecule has 1 atom stereocenters. The maximum absolute atomic E-state index is 5.40. The molecule has 0 saturated carbocycles. The Hall–Kier alpha value is -2.17. The summed E-state index contributed by atoms with van der Waals surface area (Å²) < 4.78 is 7.68. The molecule has 0 radical (unpaired) electrons. The van der Waals surface area contributed by atoms with Gasteiger partial charge in [-0.2, -0.15) is 0 Å². The lowest BCUT2D eigenvalue weighted by atomic mass is 10.1. The first-order valence-electron chi connectivity index (χ1n) is 8.61. The van der Waals surface area contributed by atoms with E-state index in [2.05, 4.69) is 48.1 Å². The number of hydrogen-bond acceptors (Lipinski definition) is 3. The summed E-state index contributed by atoms with van der Waals surface area (Å²) in [6, 6.07) is 19.1. The highest BCUT2D eigenvalue weighted by Gasteiger charge is 2.14. The summed E-state index contributed by atoms with van der Waals surface area (Å²) in [5.41, 5.74) is 4.72. The molecule has 3 aromatic rings. The second kappa shape index (κ2) is 8.28. The van der Waals surface area contributed by atoms with Gasteiger partial charge in [0.05, 0.1) is 24.0 Å². The van der Waals surface area contributed by atoms with E-state index in [0.29, 0.717) is 6.61 Å². The third-order valence-corrected chi connectivity index (χ3v) is 5.07. The molecule has 1 aromatic heterocycles. The highest BCUT2D eigenvalue weighted by molar-refractivity contribution is 7.07. The van der Waals surface area contributed by atoms with E-state index in [1.807, 2.05) is 30.3 Å². The minimum atomic E-state index is 0.208. The number of benzene rings is 2. The van der Waals surface area contributed by atoms with Crippen molar-refractivity contribution < 1.29 is 4.74 Å². The van der Waals surface area contributed by atoms with Crippen LogP contribution < -0.4 is 4.80 Å². The van der Waals surface area contributed by atoms with Crippen LogP contribution in [0.1, 0.15) is 25.5 Å². The minimum Gasteiger partial charge on any atom is -0.383 e. The van der Waals surface area contributed by atoms with Crippen molar-refractivity contribution in [3.63, 3.8) is 0 Å². The third kappa shape index (κ3) is 4.09. The molecule has 0 spiro atoms. The van der Waals surface area contributed by atoms with Gasteiger partial charge in [0, 0.05) is 12.5 Å². The van der Waals surface area contributed by atoms with Gasteiger partial charge >= 0.3 is 0 Å². The standard InChI is InChI=1S/C21H24N2OS/c1-4-17-10-12-18(13-11-17)20-15-25-21(23(20)16(2)14-24-3)22-19-8-6-5-7-9-19/h5-13,15-16H,4,14H2,1-3H3/t16-/m1/s1. The highest BCUT2D eigenvalue weighted by atomic mass is 32.1. The normalized spacial score (nSPS) is 13.2. The molecule has 130 valence electrons. The zero-order valence-electron chi connectivity index (χ0n) is 15.0. The van der Waals surface area contributed by atoms with Crippen molar-refractivity contribution in [2.75, 3.05) is 13.7 Å². The molecule has 0 saturated heterocycles. The van der Waals surface area contributed by atoms with E-state index in [0.717, 1.165) is 16.9 Å². The van der Waals surface area contributed by atoms with Crippen LogP contribution in [0.4, 0.5) is 5.69 Å². The second-order valence-electron chi connectivity index (χ2n) is 6.08. The van der Waals surface area contributed by atoms with Crippen molar-refractivity contribution in [2.24, 2.45) is 4.99 Å².